The predicted molar refractivity (Wildman–Crippen MR) is 244 cm³/mol. The largest absolute Gasteiger partial charge is 0.487 e. The van der Waals surface area contributed by atoms with Crippen LogP contribution >= 0.6 is 11.6 Å². The molecule has 0 radical (unpaired) electrons. The minimum atomic E-state index is -1.03. The van der Waals surface area contributed by atoms with Gasteiger partial charge in [-0.25, -0.2) is 14.4 Å². The molecule has 4 fully saturated rings. The number of nitrogens with one attached hydrogen (secondary N) is 1. The molecule has 4 saturated heterocycles. The first-order valence-corrected chi connectivity index (χ1v) is 23.2. The molecule has 15 heteroatoms. The van der Waals surface area contributed by atoms with E-state index in [9.17, 15) is 24.4 Å². The topological polar surface area (TPSA) is 152 Å². The molecule has 4 amide bonds. The monoisotopic (exact) mass is 900 g/mol. The van der Waals surface area contributed by atoms with Crippen molar-refractivity contribution < 1.29 is 28.3 Å². The second kappa shape index (κ2) is 18.5. The summed E-state index contributed by atoms with van der Waals surface area (Å²) in [6, 6.07) is 21.5. The summed E-state index contributed by atoms with van der Waals surface area (Å²) in [5, 5.41) is 12.2. The molecule has 0 saturated carbocycles. The van der Waals surface area contributed by atoms with E-state index in [2.05, 4.69) is 40.0 Å². The molecule has 6 heterocycles. The molecule has 0 spiro atoms. The normalized spacial score (nSPS) is 22.5. The van der Waals surface area contributed by atoms with Crippen LogP contribution in [0, 0.1) is 29.1 Å². The number of hydrogen-bond acceptors (Lipinski definition) is 11. The van der Waals surface area contributed by atoms with Gasteiger partial charge in [0.05, 0.1) is 28.5 Å². The van der Waals surface area contributed by atoms with Crippen molar-refractivity contribution in [2.75, 3.05) is 55.6 Å². The summed E-state index contributed by atoms with van der Waals surface area (Å²) < 4.78 is 22.0. The lowest BCUT2D eigenvalue weighted by atomic mass is 9.78. The third kappa shape index (κ3) is 9.31. The van der Waals surface area contributed by atoms with Gasteiger partial charge in [0.25, 0.3) is 11.8 Å². The standard InChI is InChI=1S/C50H54ClFN8O5/c1-50(2,36-23-31(27-53)24-37(51)25-36)35-3-6-40(7-4-35)65-30-38-11-17-54-49(55-38)58-20-14-33(15-21-58)32-12-18-57(19-13-32)28-34-16-22-59(29-43(34)52)39-5-8-41-42(26-39)48(64)60(47(41)63)44-9-10-45(61)56-46(44)62/h3-8,11,17,23-26,32-34,43-44H,9-10,12-16,18-22,28-30H2,1-2H3,(H,56,61,62). The Hall–Kier alpha value is -5.91. The number of likely N-dealkylation sites (tertiary alicyclic amines) is 1. The van der Waals surface area contributed by atoms with Gasteiger partial charge in [0.1, 0.15) is 24.6 Å². The quantitative estimate of drug-likeness (QED) is 0.154. The Morgan fingerprint density at radius 2 is 1.54 bits per heavy atom. The van der Waals surface area contributed by atoms with Gasteiger partial charge in [-0.3, -0.25) is 29.4 Å². The summed E-state index contributed by atoms with van der Waals surface area (Å²) in [5.41, 5.74) is 4.16. The van der Waals surface area contributed by atoms with E-state index in [-0.39, 0.29) is 41.8 Å². The van der Waals surface area contributed by atoms with Crippen molar-refractivity contribution in [3.8, 4) is 11.8 Å². The number of ether oxygens (including phenoxy) is 1. The van der Waals surface area contributed by atoms with Gasteiger partial charge in [-0.05, 0) is 129 Å². The van der Waals surface area contributed by atoms with E-state index < -0.39 is 35.8 Å². The molecular formula is C50H54ClFN8O5. The number of aromatic nitrogens is 2. The fraction of sp³-hybridized carbons (Fsp3) is 0.460. The molecule has 338 valence electrons. The van der Waals surface area contributed by atoms with E-state index in [1.165, 1.54) is 0 Å². The Kier molecular flexibility index (Phi) is 12.6. The number of carbonyl (C=O) groups excluding carboxylic acids is 4. The number of anilines is 2. The van der Waals surface area contributed by atoms with Crippen LogP contribution in [0.15, 0.2) is 72.9 Å². The van der Waals surface area contributed by atoms with Crippen LogP contribution in [0.4, 0.5) is 16.0 Å². The van der Waals surface area contributed by atoms with Crippen LogP contribution in [0.1, 0.15) is 102 Å². The number of carbonyl (C=O) groups is 4. The highest BCUT2D eigenvalue weighted by Gasteiger charge is 2.45. The van der Waals surface area contributed by atoms with Crippen molar-refractivity contribution in [2.24, 2.45) is 17.8 Å². The highest BCUT2D eigenvalue weighted by atomic mass is 35.5. The van der Waals surface area contributed by atoms with Crippen LogP contribution < -0.4 is 19.9 Å². The van der Waals surface area contributed by atoms with E-state index in [1.54, 1.807) is 30.5 Å². The Labute approximate surface area is 383 Å². The molecular weight excluding hydrogens is 847 g/mol. The fourth-order valence-corrected chi connectivity index (χ4v) is 10.7. The van der Waals surface area contributed by atoms with Crippen molar-refractivity contribution >= 4 is 46.9 Å². The van der Waals surface area contributed by atoms with E-state index in [0.29, 0.717) is 47.7 Å². The lowest BCUT2D eigenvalue weighted by molar-refractivity contribution is -0.136. The maximum atomic E-state index is 15.8. The predicted octanol–water partition coefficient (Wildman–Crippen LogP) is 7.10. The first-order chi connectivity index (χ1) is 31.3. The van der Waals surface area contributed by atoms with Gasteiger partial charge in [0.2, 0.25) is 17.8 Å². The van der Waals surface area contributed by atoms with Gasteiger partial charge in [-0.2, -0.15) is 5.26 Å². The van der Waals surface area contributed by atoms with E-state index in [1.807, 2.05) is 47.4 Å². The zero-order valence-electron chi connectivity index (χ0n) is 36.8. The van der Waals surface area contributed by atoms with Gasteiger partial charge < -0.3 is 19.4 Å². The summed E-state index contributed by atoms with van der Waals surface area (Å²) in [6.07, 6.45) is 6.02. The molecule has 1 aromatic heterocycles. The van der Waals surface area contributed by atoms with Crippen LogP contribution in [-0.4, -0.2) is 101 Å². The highest BCUT2D eigenvalue weighted by Crippen LogP contribution is 2.37. The number of nitriles is 1. The van der Waals surface area contributed by atoms with Crippen molar-refractivity contribution in [3.05, 3.63) is 111 Å². The summed E-state index contributed by atoms with van der Waals surface area (Å²) in [4.78, 5) is 67.7. The second-order valence-electron chi connectivity index (χ2n) is 18.8. The summed E-state index contributed by atoms with van der Waals surface area (Å²) in [5.74, 6) is 0.522. The summed E-state index contributed by atoms with van der Waals surface area (Å²) in [7, 11) is 0. The van der Waals surface area contributed by atoms with E-state index in [0.717, 1.165) is 91.8 Å². The molecule has 4 aromatic rings. The van der Waals surface area contributed by atoms with Gasteiger partial charge in [0.15, 0.2) is 0 Å². The van der Waals surface area contributed by atoms with Crippen LogP contribution in [-0.2, 0) is 21.6 Å². The highest BCUT2D eigenvalue weighted by molar-refractivity contribution is 6.30. The van der Waals surface area contributed by atoms with E-state index >= 15 is 4.39 Å². The molecule has 9 rings (SSSR count). The van der Waals surface area contributed by atoms with Gasteiger partial charge in [-0.1, -0.05) is 37.6 Å². The zero-order valence-corrected chi connectivity index (χ0v) is 37.6. The van der Waals surface area contributed by atoms with Crippen molar-refractivity contribution in [3.63, 3.8) is 0 Å². The van der Waals surface area contributed by atoms with Crippen LogP contribution in [0.2, 0.25) is 5.02 Å². The van der Waals surface area contributed by atoms with Crippen LogP contribution in [0.5, 0.6) is 5.75 Å². The van der Waals surface area contributed by atoms with Crippen molar-refractivity contribution in [2.45, 2.75) is 83.0 Å². The Balaban J connectivity index is 0.708. The first-order valence-electron chi connectivity index (χ1n) is 22.8. The number of benzene rings is 3. The molecule has 3 atom stereocenters. The molecule has 65 heavy (non-hydrogen) atoms. The maximum absolute atomic E-state index is 15.8. The SMILES string of the molecule is CC(C)(c1ccc(OCc2ccnc(N3CCC(C4CCN(CC5CCN(c6ccc7c(c6)C(=O)N(C6CCC(=O)NC6=O)C7=O)CC5F)CC4)CC3)n2)cc1)c1cc(Cl)cc(C#N)c1. The number of rotatable bonds is 11. The Morgan fingerprint density at radius 1 is 0.831 bits per heavy atom. The lowest BCUT2D eigenvalue weighted by Gasteiger charge is -2.42. The number of fused-ring (bicyclic) bond motifs is 1. The third-order valence-electron chi connectivity index (χ3n) is 14.5. The number of hydrogen-bond donors (Lipinski definition) is 1. The molecule has 3 unspecified atom stereocenters. The smallest absolute Gasteiger partial charge is 0.262 e. The Morgan fingerprint density at radius 3 is 2.25 bits per heavy atom. The number of amides is 4. The van der Waals surface area contributed by atoms with Crippen LogP contribution in [0.3, 0.4) is 0 Å². The minimum Gasteiger partial charge on any atom is -0.487 e. The molecule has 1 N–H and O–H groups in total. The second-order valence-corrected chi connectivity index (χ2v) is 19.2. The number of piperidine rings is 4. The zero-order chi connectivity index (χ0) is 45.4. The average Bonchev–Trinajstić information content (AvgIpc) is 3.56. The third-order valence-corrected chi connectivity index (χ3v) is 14.7. The van der Waals surface area contributed by atoms with Gasteiger partial charge in [-0.15, -0.1) is 0 Å². The number of halogens is 2. The minimum absolute atomic E-state index is 0.0599. The fourth-order valence-electron chi connectivity index (χ4n) is 10.5. The molecule has 5 aliphatic heterocycles. The lowest BCUT2D eigenvalue weighted by Crippen LogP contribution is -2.54. The molecule has 5 aliphatic rings. The van der Waals surface area contributed by atoms with Crippen LogP contribution in [0.25, 0.3) is 0 Å². The van der Waals surface area contributed by atoms with Crippen molar-refractivity contribution in [1.82, 2.24) is 25.1 Å². The number of nitrogens with zero attached hydrogens (tertiary/aromatic N) is 7. The summed E-state index contributed by atoms with van der Waals surface area (Å²) >= 11 is 6.31. The van der Waals surface area contributed by atoms with E-state index in [4.69, 9.17) is 21.3 Å². The molecule has 0 aliphatic carbocycles. The van der Waals surface area contributed by atoms with Gasteiger partial charge in [0, 0.05) is 67.4 Å². The number of imide groups is 2. The summed E-state index contributed by atoms with van der Waals surface area (Å²) in [6.45, 7) is 9.89. The van der Waals surface area contributed by atoms with Gasteiger partial charge >= 0.3 is 0 Å². The number of alkyl halides is 1. The molecule has 3 aromatic carbocycles. The molecule has 0 bridgehead atoms. The molecule has 13 nitrogen and oxygen atoms in total. The Bertz CT molecular complexity index is 2520. The van der Waals surface area contributed by atoms with Crippen molar-refractivity contribution in [1.29, 1.82) is 5.26 Å². The average molecular weight is 901 g/mol. The maximum Gasteiger partial charge on any atom is 0.262 e. The first kappa shape index (κ1) is 44.3.